The van der Waals surface area contributed by atoms with Gasteiger partial charge in [-0.25, -0.2) is 0 Å². The van der Waals surface area contributed by atoms with Gasteiger partial charge in [-0.15, -0.1) is 0 Å². The number of fused-ring (bicyclic) bond motifs is 3. The Labute approximate surface area is 170 Å². The molecule has 0 N–H and O–H groups in total. The SMILES string of the molecule is CCCCCCCc1ccc2c(oc3c(C)c(OCCCCC)ccc32)c1C. The van der Waals surface area contributed by atoms with Gasteiger partial charge in [-0.3, -0.25) is 0 Å². The van der Waals surface area contributed by atoms with Gasteiger partial charge in [0.15, 0.2) is 0 Å². The van der Waals surface area contributed by atoms with Crippen LogP contribution in [0, 0.1) is 13.8 Å². The Morgan fingerprint density at radius 3 is 2.11 bits per heavy atom. The fraction of sp³-hybridized carbons (Fsp3) is 0.538. The maximum Gasteiger partial charge on any atom is 0.142 e. The van der Waals surface area contributed by atoms with Gasteiger partial charge in [-0.05, 0) is 56.4 Å². The molecule has 1 heterocycles. The quantitative estimate of drug-likeness (QED) is 0.312. The molecule has 0 spiro atoms. The summed E-state index contributed by atoms with van der Waals surface area (Å²) in [7, 11) is 0. The Hall–Kier alpha value is -1.96. The van der Waals surface area contributed by atoms with Gasteiger partial charge in [0, 0.05) is 16.3 Å². The van der Waals surface area contributed by atoms with E-state index in [1.807, 2.05) is 0 Å². The molecule has 0 unspecified atom stereocenters. The van der Waals surface area contributed by atoms with E-state index in [-0.39, 0.29) is 0 Å². The molecule has 0 bridgehead atoms. The first-order valence-corrected chi connectivity index (χ1v) is 11.2. The van der Waals surface area contributed by atoms with E-state index in [0.29, 0.717) is 0 Å². The van der Waals surface area contributed by atoms with Crippen LogP contribution < -0.4 is 4.74 Å². The second kappa shape index (κ2) is 10.0. The van der Waals surface area contributed by atoms with Crippen LogP contribution in [0.4, 0.5) is 0 Å². The molecule has 3 rings (SSSR count). The number of furan rings is 1. The van der Waals surface area contributed by atoms with Crippen LogP contribution in [0.25, 0.3) is 21.9 Å². The van der Waals surface area contributed by atoms with Gasteiger partial charge in [0.2, 0.25) is 0 Å². The topological polar surface area (TPSA) is 22.4 Å². The number of ether oxygens (including phenoxy) is 1. The van der Waals surface area contributed by atoms with Gasteiger partial charge in [-0.2, -0.15) is 0 Å². The van der Waals surface area contributed by atoms with Crippen LogP contribution in [-0.2, 0) is 6.42 Å². The fourth-order valence-electron chi connectivity index (χ4n) is 4.08. The van der Waals surface area contributed by atoms with E-state index in [2.05, 4.69) is 52.0 Å². The smallest absolute Gasteiger partial charge is 0.142 e. The molecule has 0 saturated carbocycles. The second-order valence-electron chi connectivity index (χ2n) is 8.11. The van der Waals surface area contributed by atoms with Crippen molar-refractivity contribution in [2.75, 3.05) is 6.61 Å². The first-order chi connectivity index (χ1) is 13.7. The Balaban J connectivity index is 1.82. The summed E-state index contributed by atoms with van der Waals surface area (Å²) < 4.78 is 12.4. The third kappa shape index (κ3) is 4.54. The minimum atomic E-state index is 0.779. The number of benzene rings is 2. The first-order valence-electron chi connectivity index (χ1n) is 11.2. The molecule has 3 aromatic rings. The molecule has 152 valence electrons. The third-order valence-corrected chi connectivity index (χ3v) is 5.92. The van der Waals surface area contributed by atoms with Crippen LogP contribution in [0.15, 0.2) is 28.7 Å². The lowest BCUT2D eigenvalue weighted by Crippen LogP contribution is -1.98. The van der Waals surface area contributed by atoms with Gasteiger partial charge >= 0.3 is 0 Å². The van der Waals surface area contributed by atoms with Crippen molar-refractivity contribution in [1.82, 2.24) is 0 Å². The van der Waals surface area contributed by atoms with Gasteiger partial charge in [-0.1, -0.05) is 64.5 Å². The molecule has 2 heteroatoms. The lowest BCUT2D eigenvalue weighted by Gasteiger charge is -2.08. The molecule has 2 aromatic carbocycles. The summed E-state index contributed by atoms with van der Waals surface area (Å²) in [5.41, 5.74) is 5.87. The Morgan fingerprint density at radius 2 is 1.36 bits per heavy atom. The molecule has 0 radical (unpaired) electrons. The van der Waals surface area contributed by atoms with E-state index in [4.69, 9.17) is 9.15 Å². The van der Waals surface area contributed by atoms with Crippen LogP contribution in [0.5, 0.6) is 5.75 Å². The Bertz CT molecular complexity index is 904. The molecule has 0 aliphatic rings. The highest BCUT2D eigenvalue weighted by Gasteiger charge is 2.15. The van der Waals surface area contributed by atoms with Crippen molar-refractivity contribution >= 4 is 21.9 Å². The lowest BCUT2D eigenvalue weighted by atomic mass is 9.98. The molecule has 0 saturated heterocycles. The van der Waals surface area contributed by atoms with Gasteiger partial charge in [0.05, 0.1) is 6.61 Å². The minimum absolute atomic E-state index is 0.779. The van der Waals surface area contributed by atoms with E-state index in [9.17, 15) is 0 Å². The molecule has 28 heavy (non-hydrogen) atoms. The summed E-state index contributed by atoms with van der Waals surface area (Å²) in [6.45, 7) is 9.59. The summed E-state index contributed by atoms with van der Waals surface area (Å²) in [6.07, 6.45) is 11.3. The Morgan fingerprint density at radius 1 is 0.714 bits per heavy atom. The average molecular weight is 381 g/mol. The summed E-state index contributed by atoms with van der Waals surface area (Å²) >= 11 is 0. The summed E-state index contributed by atoms with van der Waals surface area (Å²) in [6, 6.07) is 8.82. The predicted molar refractivity (Wildman–Crippen MR) is 121 cm³/mol. The minimum Gasteiger partial charge on any atom is -0.493 e. The number of hydrogen-bond donors (Lipinski definition) is 0. The number of hydrogen-bond acceptors (Lipinski definition) is 2. The highest BCUT2D eigenvalue weighted by molar-refractivity contribution is 6.07. The molecule has 2 nitrogen and oxygen atoms in total. The molecule has 0 aliphatic carbocycles. The van der Waals surface area contributed by atoms with Gasteiger partial charge in [0.1, 0.15) is 16.9 Å². The van der Waals surface area contributed by atoms with Crippen LogP contribution >= 0.6 is 0 Å². The fourth-order valence-corrected chi connectivity index (χ4v) is 4.08. The van der Waals surface area contributed by atoms with Gasteiger partial charge in [0.25, 0.3) is 0 Å². The van der Waals surface area contributed by atoms with Crippen molar-refractivity contribution in [3.05, 3.63) is 41.0 Å². The van der Waals surface area contributed by atoms with Crippen LogP contribution in [-0.4, -0.2) is 6.61 Å². The zero-order valence-corrected chi connectivity index (χ0v) is 18.2. The zero-order chi connectivity index (χ0) is 19.9. The standard InChI is InChI=1S/C26H36O2/c1-5-7-9-10-11-13-21-14-15-22-23-16-17-24(27-18-12-8-6-2)20(4)26(23)28-25(22)19(21)3/h14-17H,5-13,18H2,1-4H3. The number of unbranched alkanes of at least 4 members (excludes halogenated alkanes) is 6. The van der Waals surface area contributed by atoms with E-state index >= 15 is 0 Å². The van der Waals surface area contributed by atoms with Crippen molar-refractivity contribution in [3.8, 4) is 5.75 Å². The number of rotatable bonds is 11. The molecular formula is C26H36O2. The average Bonchev–Trinajstić information content (AvgIpc) is 3.08. The van der Waals surface area contributed by atoms with E-state index in [0.717, 1.165) is 41.9 Å². The maximum atomic E-state index is 6.39. The van der Waals surface area contributed by atoms with Crippen LogP contribution in [0.3, 0.4) is 0 Å². The molecule has 1 aromatic heterocycles. The van der Waals surface area contributed by atoms with Crippen molar-refractivity contribution in [1.29, 1.82) is 0 Å². The maximum absolute atomic E-state index is 6.39. The third-order valence-electron chi connectivity index (χ3n) is 5.92. The monoisotopic (exact) mass is 380 g/mol. The molecule has 0 fully saturated rings. The summed E-state index contributed by atoms with van der Waals surface area (Å²) in [5, 5.41) is 2.42. The normalized spacial score (nSPS) is 11.6. The molecular weight excluding hydrogens is 344 g/mol. The summed E-state index contributed by atoms with van der Waals surface area (Å²) in [5.74, 6) is 0.955. The van der Waals surface area contributed by atoms with Crippen molar-refractivity contribution in [2.24, 2.45) is 0 Å². The Kier molecular flexibility index (Phi) is 7.42. The molecule has 0 amide bonds. The molecule has 0 atom stereocenters. The van der Waals surface area contributed by atoms with Crippen molar-refractivity contribution in [3.63, 3.8) is 0 Å². The van der Waals surface area contributed by atoms with Crippen molar-refractivity contribution < 1.29 is 9.15 Å². The summed E-state index contributed by atoms with van der Waals surface area (Å²) in [4.78, 5) is 0. The van der Waals surface area contributed by atoms with Gasteiger partial charge < -0.3 is 9.15 Å². The second-order valence-corrected chi connectivity index (χ2v) is 8.11. The highest BCUT2D eigenvalue weighted by Crippen LogP contribution is 2.37. The first kappa shape index (κ1) is 20.8. The lowest BCUT2D eigenvalue weighted by molar-refractivity contribution is 0.304. The van der Waals surface area contributed by atoms with E-state index < -0.39 is 0 Å². The highest BCUT2D eigenvalue weighted by atomic mass is 16.5. The molecule has 0 aliphatic heterocycles. The largest absolute Gasteiger partial charge is 0.493 e. The number of aryl methyl sites for hydroxylation is 3. The van der Waals surface area contributed by atoms with E-state index in [1.54, 1.807) is 0 Å². The van der Waals surface area contributed by atoms with Crippen molar-refractivity contribution in [2.45, 2.75) is 85.5 Å². The van der Waals surface area contributed by atoms with Crippen LogP contribution in [0.1, 0.15) is 81.9 Å². The van der Waals surface area contributed by atoms with Crippen LogP contribution in [0.2, 0.25) is 0 Å². The predicted octanol–water partition coefficient (Wildman–Crippen LogP) is 8.28. The van der Waals surface area contributed by atoms with E-state index in [1.165, 1.54) is 66.8 Å². The zero-order valence-electron chi connectivity index (χ0n) is 18.2.